The third-order valence-corrected chi connectivity index (χ3v) is 8.89. The smallest absolute Gasteiger partial charge is 0.407 e. The normalized spacial score (nSPS) is 17.2. The molecule has 2 aromatic rings. The number of amides is 1. The average Bonchev–Trinajstić information content (AvgIpc) is 3.30. The number of aliphatic imine (C=N–C) groups is 1. The van der Waals surface area contributed by atoms with Crippen molar-refractivity contribution in [3.63, 3.8) is 0 Å². The number of hydrogen-bond donors (Lipinski definition) is 2. The fourth-order valence-electron chi connectivity index (χ4n) is 5.31. The van der Waals surface area contributed by atoms with Crippen LogP contribution in [0, 0.1) is 11.8 Å². The molecule has 4 rings (SSSR count). The van der Waals surface area contributed by atoms with Gasteiger partial charge < -0.3 is 20.1 Å². The molecule has 0 fully saturated rings. The largest absolute Gasteiger partial charge is 0.468 e. The molecule has 1 unspecified atom stereocenters. The third kappa shape index (κ3) is 7.18. The van der Waals surface area contributed by atoms with Gasteiger partial charge in [0.15, 0.2) is 5.17 Å². The van der Waals surface area contributed by atoms with E-state index in [-0.39, 0.29) is 29.9 Å². The molecule has 40 heavy (non-hydrogen) atoms. The maximum Gasteiger partial charge on any atom is 0.407 e. The minimum atomic E-state index is -0.396. The van der Waals surface area contributed by atoms with Crippen LogP contribution in [0.4, 0.5) is 4.79 Å². The van der Waals surface area contributed by atoms with E-state index in [0.29, 0.717) is 38.0 Å². The summed E-state index contributed by atoms with van der Waals surface area (Å²) in [6.45, 7) is 9.69. The number of esters is 1. The minimum Gasteiger partial charge on any atom is -0.468 e. The lowest BCUT2D eigenvalue weighted by Gasteiger charge is -2.33. The Balaban J connectivity index is 1.32. The first-order chi connectivity index (χ1) is 19.3. The Labute approximate surface area is 242 Å². The molecule has 1 aliphatic carbocycles. The number of carbonyl (C=O) groups excluding carboxylic acids is 2. The maximum absolute atomic E-state index is 13.0. The molecule has 8 nitrogen and oxygen atoms in total. The van der Waals surface area contributed by atoms with Gasteiger partial charge in [-0.25, -0.2) is 9.79 Å². The Bertz CT molecular complexity index is 1160. The van der Waals surface area contributed by atoms with Crippen molar-refractivity contribution < 1.29 is 19.1 Å². The summed E-state index contributed by atoms with van der Waals surface area (Å²) in [6, 6.07) is 16.3. The van der Waals surface area contributed by atoms with Crippen molar-refractivity contribution in [2.45, 2.75) is 58.5 Å². The van der Waals surface area contributed by atoms with Gasteiger partial charge in [0.2, 0.25) is 0 Å². The van der Waals surface area contributed by atoms with Gasteiger partial charge in [-0.2, -0.15) is 0 Å². The number of alkyl carbamates (subject to hydrolysis) is 1. The number of thioether (sulfide) groups is 1. The second-order valence-corrected chi connectivity index (χ2v) is 12.0. The lowest BCUT2D eigenvalue weighted by atomic mass is 9.98. The van der Waals surface area contributed by atoms with Crippen LogP contribution in [0.25, 0.3) is 11.1 Å². The monoisotopic (exact) mass is 566 g/mol. The summed E-state index contributed by atoms with van der Waals surface area (Å²) in [6.07, 6.45) is 1.25. The summed E-state index contributed by atoms with van der Waals surface area (Å²) in [5.41, 5.74) is 4.82. The van der Waals surface area contributed by atoms with Gasteiger partial charge in [-0.15, -0.1) is 0 Å². The zero-order valence-corrected chi connectivity index (χ0v) is 25.0. The van der Waals surface area contributed by atoms with Gasteiger partial charge in [0.1, 0.15) is 12.6 Å². The van der Waals surface area contributed by atoms with Crippen LogP contribution < -0.4 is 10.6 Å². The van der Waals surface area contributed by atoms with E-state index in [1.807, 2.05) is 29.2 Å². The Morgan fingerprint density at radius 3 is 2.30 bits per heavy atom. The van der Waals surface area contributed by atoms with Crippen molar-refractivity contribution in [1.82, 2.24) is 15.5 Å². The van der Waals surface area contributed by atoms with E-state index in [1.165, 1.54) is 29.4 Å². The number of rotatable bonds is 11. The van der Waals surface area contributed by atoms with E-state index in [1.54, 1.807) is 11.8 Å². The van der Waals surface area contributed by atoms with Gasteiger partial charge in [0.25, 0.3) is 0 Å². The number of nitrogens with zero attached hydrogens (tertiary/aromatic N) is 2. The molecule has 1 amide bonds. The Morgan fingerprint density at radius 1 is 1.10 bits per heavy atom. The predicted octanol–water partition coefficient (Wildman–Crippen LogP) is 5.44. The number of benzene rings is 2. The van der Waals surface area contributed by atoms with Crippen LogP contribution in [0.3, 0.4) is 0 Å². The highest BCUT2D eigenvalue weighted by Crippen LogP contribution is 2.44. The molecule has 2 aliphatic rings. The fourth-order valence-corrected chi connectivity index (χ4v) is 6.37. The zero-order chi connectivity index (χ0) is 28.6. The van der Waals surface area contributed by atoms with E-state index < -0.39 is 6.09 Å². The molecule has 0 bridgehead atoms. The van der Waals surface area contributed by atoms with Gasteiger partial charge in [-0.05, 0) is 40.5 Å². The summed E-state index contributed by atoms with van der Waals surface area (Å²) in [5.74, 6) is 1.10. The standard InChI is InChI=1S/C31H42N4O4S/c1-6-21(4)27(17-40-30-32-18-35(19-33-30)28(15-20(2)3)29(36)38-5)34-31(37)39-16-26-24-13-9-7-11-22(24)23-12-8-10-14-25(23)26/h7-14,20-21,26-28H,6,15-19H2,1-5H3,(H,32,33)(H,34,37)/t21?,27-,28+/m1/s1. The van der Waals surface area contributed by atoms with Crippen LogP contribution in [0.15, 0.2) is 53.5 Å². The highest BCUT2D eigenvalue weighted by Gasteiger charge is 2.31. The van der Waals surface area contributed by atoms with Crippen molar-refractivity contribution in [3.8, 4) is 11.1 Å². The second kappa shape index (κ2) is 14.0. The third-order valence-electron chi connectivity index (χ3n) is 7.82. The number of ether oxygens (including phenoxy) is 2. The van der Waals surface area contributed by atoms with Crippen molar-refractivity contribution in [2.75, 3.05) is 32.8 Å². The molecule has 0 radical (unpaired) electrons. The van der Waals surface area contributed by atoms with Crippen LogP contribution in [0.5, 0.6) is 0 Å². The molecule has 1 aliphatic heterocycles. The fraction of sp³-hybridized carbons (Fsp3) is 0.516. The molecule has 1 heterocycles. The molecular formula is C31H42N4O4S. The van der Waals surface area contributed by atoms with Gasteiger partial charge in [-0.3, -0.25) is 9.69 Å². The molecule has 3 atom stereocenters. The van der Waals surface area contributed by atoms with Crippen LogP contribution >= 0.6 is 11.8 Å². The van der Waals surface area contributed by atoms with E-state index >= 15 is 0 Å². The molecule has 0 saturated heterocycles. The van der Waals surface area contributed by atoms with Gasteiger partial charge in [-0.1, -0.05) is 94.4 Å². The SMILES string of the molecule is CCC(C)[C@@H](CSC1=NCN([C@@H](CC(C)C)C(=O)OC)CN1)NC(=O)OCC1c2ccccc2-c2ccccc21. The molecule has 2 N–H and O–H groups in total. The lowest BCUT2D eigenvalue weighted by Crippen LogP contribution is -2.51. The van der Waals surface area contributed by atoms with Crippen molar-refractivity contribution in [2.24, 2.45) is 16.8 Å². The number of methoxy groups -OCH3 is 1. The molecule has 0 saturated carbocycles. The summed E-state index contributed by atoms with van der Waals surface area (Å²) >= 11 is 1.58. The molecule has 216 valence electrons. The van der Waals surface area contributed by atoms with Crippen LogP contribution in [0.1, 0.15) is 57.6 Å². The number of amidine groups is 1. The first-order valence-electron chi connectivity index (χ1n) is 14.2. The number of carbonyl (C=O) groups is 2. The Morgan fingerprint density at radius 2 is 1.75 bits per heavy atom. The molecular weight excluding hydrogens is 524 g/mol. The van der Waals surface area contributed by atoms with E-state index in [0.717, 1.165) is 11.6 Å². The van der Waals surface area contributed by atoms with Crippen molar-refractivity contribution in [1.29, 1.82) is 0 Å². The van der Waals surface area contributed by atoms with Crippen molar-refractivity contribution >= 4 is 29.0 Å². The van der Waals surface area contributed by atoms with Crippen LogP contribution in [-0.4, -0.2) is 67.0 Å². The molecule has 0 aromatic heterocycles. The minimum absolute atomic E-state index is 0.0304. The van der Waals surface area contributed by atoms with E-state index in [4.69, 9.17) is 9.47 Å². The number of nitrogens with one attached hydrogen (secondary N) is 2. The second-order valence-electron chi connectivity index (χ2n) is 11.0. The lowest BCUT2D eigenvalue weighted by molar-refractivity contribution is -0.147. The molecule has 0 spiro atoms. The summed E-state index contributed by atoms with van der Waals surface area (Å²) in [5, 5.41) is 7.26. The van der Waals surface area contributed by atoms with Crippen LogP contribution in [0.2, 0.25) is 0 Å². The van der Waals surface area contributed by atoms with Crippen molar-refractivity contribution in [3.05, 3.63) is 59.7 Å². The summed E-state index contributed by atoms with van der Waals surface area (Å²) < 4.78 is 10.8. The Hall–Kier alpha value is -3.04. The Kier molecular flexibility index (Phi) is 10.5. The van der Waals surface area contributed by atoms with Gasteiger partial charge >= 0.3 is 12.1 Å². The highest BCUT2D eigenvalue weighted by molar-refractivity contribution is 8.13. The van der Waals surface area contributed by atoms with Crippen LogP contribution in [-0.2, 0) is 14.3 Å². The summed E-state index contributed by atoms with van der Waals surface area (Å²) in [7, 11) is 1.43. The topological polar surface area (TPSA) is 92.3 Å². The van der Waals surface area contributed by atoms with Gasteiger partial charge in [0.05, 0.1) is 20.4 Å². The maximum atomic E-state index is 13.0. The average molecular weight is 567 g/mol. The number of hydrogen-bond acceptors (Lipinski definition) is 8. The van der Waals surface area contributed by atoms with Gasteiger partial charge in [0, 0.05) is 17.7 Å². The first kappa shape index (κ1) is 29.9. The predicted molar refractivity (Wildman–Crippen MR) is 161 cm³/mol. The molecule has 2 aromatic carbocycles. The molecule has 9 heteroatoms. The zero-order valence-electron chi connectivity index (χ0n) is 24.2. The summed E-state index contributed by atoms with van der Waals surface area (Å²) in [4.78, 5) is 31.9. The number of fused-ring (bicyclic) bond motifs is 3. The van der Waals surface area contributed by atoms with E-state index in [9.17, 15) is 9.59 Å². The quantitative estimate of drug-likeness (QED) is 0.350. The van der Waals surface area contributed by atoms with E-state index in [2.05, 4.69) is 67.6 Å². The first-order valence-corrected chi connectivity index (χ1v) is 15.1. The highest BCUT2D eigenvalue weighted by atomic mass is 32.2.